The zero-order valence-electron chi connectivity index (χ0n) is 14.4. The summed E-state index contributed by atoms with van der Waals surface area (Å²) in [7, 11) is 0. The molecule has 4 rings (SSSR count). The molecule has 4 heteroatoms. The van der Waals surface area contributed by atoms with Crippen molar-refractivity contribution in [2.75, 3.05) is 13.2 Å². The molecular formula is C22H19NO3. The van der Waals surface area contributed by atoms with Crippen LogP contribution in [-0.2, 0) is 22.5 Å². The highest BCUT2D eigenvalue weighted by Gasteiger charge is 2.21. The molecule has 4 nitrogen and oxygen atoms in total. The Morgan fingerprint density at radius 1 is 0.885 bits per heavy atom. The van der Waals surface area contributed by atoms with Crippen LogP contribution in [0.5, 0.6) is 0 Å². The van der Waals surface area contributed by atoms with Gasteiger partial charge in [0, 0.05) is 13.1 Å². The van der Waals surface area contributed by atoms with E-state index in [1.807, 2.05) is 48.5 Å². The fourth-order valence-corrected chi connectivity index (χ4v) is 3.33. The van der Waals surface area contributed by atoms with Gasteiger partial charge in [-0.05, 0) is 40.5 Å². The van der Waals surface area contributed by atoms with Crippen LogP contribution in [0.1, 0.15) is 21.5 Å². The van der Waals surface area contributed by atoms with Gasteiger partial charge in [0.05, 0.1) is 5.56 Å². The van der Waals surface area contributed by atoms with E-state index in [9.17, 15) is 9.59 Å². The number of hydrogen-bond acceptors (Lipinski definition) is 3. The van der Waals surface area contributed by atoms with Gasteiger partial charge in [0.1, 0.15) is 0 Å². The third kappa shape index (κ3) is 3.31. The zero-order chi connectivity index (χ0) is 17.9. The number of carbonyl (C=O) groups is 2. The van der Waals surface area contributed by atoms with Crippen molar-refractivity contribution < 1.29 is 14.3 Å². The first-order valence-electron chi connectivity index (χ1n) is 8.71. The molecule has 3 aromatic rings. The molecule has 0 saturated heterocycles. The van der Waals surface area contributed by atoms with E-state index in [2.05, 4.69) is 6.07 Å². The van der Waals surface area contributed by atoms with Crippen LogP contribution in [0, 0.1) is 0 Å². The van der Waals surface area contributed by atoms with Crippen LogP contribution in [0.15, 0.2) is 66.7 Å². The molecule has 130 valence electrons. The van der Waals surface area contributed by atoms with E-state index in [0.717, 1.165) is 22.8 Å². The fourth-order valence-electron chi connectivity index (χ4n) is 3.33. The second-order valence-electron chi connectivity index (χ2n) is 6.47. The van der Waals surface area contributed by atoms with E-state index in [0.29, 0.717) is 18.7 Å². The minimum Gasteiger partial charge on any atom is -0.452 e. The summed E-state index contributed by atoms with van der Waals surface area (Å²) in [5, 5.41) is 2.04. The lowest BCUT2D eigenvalue weighted by Gasteiger charge is -2.28. The molecule has 0 saturated carbocycles. The van der Waals surface area contributed by atoms with Gasteiger partial charge < -0.3 is 9.64 Å². The van der Waals surface area contributed by atoms with Gasteiger partial charge >= 0.3 is 5.97 Å². The Balaban J connectivity index is 1.38. The van der Waals surface area contributed by atoms with Gasteiger partial charge in [-0.2, -0.15) is 0 Å². The van der Waals surface area contributed by atoms with E-state index < -0.39 is 5.97 Å². The highest BCUT2D eigenvalue weighted by molar-refractivity contribution is 5.96. The molecule has 0 fully saturated rings. The average Bonchev–Trinajstić information content (AvgIpc) is 2.71. The van der Waals surface area contributed by atoms with Crippen molar-refractivity contribution in [2.24, 2.45) is 0 Å². The lowest BCUT2D eigenvalue weighted by atomic mass is 10.00. The number of esters is 1. The number of benzene rings is 3. The van der Waals surface area contributed by atoms with Crippen molar-refractivity contribution in [3.63, 3.8) is 0 Å². The van der Waals surface area contributed by atoms with Crippen molar-refractivity contribution in [1.29, 1.82) is 0 Å². The van der Waals surface area contributed by atoms with E-state index in [-0.39, 0.29) is 12.5 Å². The van der Waals surface area contributed by atoms with Gasteiger partial charge in [-0.3, -0.25) is 4.79 Å². The van der Waals surface area contributed by atoms with Gasteiger partial charge in [-0.1, -0.05) is 54.6 Å². The third-order valence-corrected chi connectivity index (χ3v) is 4.80. The van der Waals surface area contributed by atoms with Crippen molar-refractivity contribution in [1.82, 2.24) is 4.90 Å². The second-order valence-corrected chi connectivity index (χ2v) is 6.47. The third-order valence-electron chi connectivity index (χ3n) is 4.80. The maximum atomic E-state index is 12.4. The van der Waals surface area contributed by atoms with Crippen LogP contribution >= 0.6 is 0 Å². The molecule has 0 spiro atoms. The fraction of sp³-hybridized carbons (Fsp3) is 0.182. The number of amides is 1. The Labute approximate surface area is 152 Å². The zero-order valence-corrected chi connectivity index (χ0v) is 14.4. The lowest BCUT2D eigenvalue weighted by molar-refractivity contribution is -0.135. The second kappa shape index (κ2) is 7.00. The molecule has 0 N–H and O–H groups in total. The summed E-state index contributed by atoms with van der Waals surface area (Å²) >= 11 is 0. The molecule has 0 radical (unpaired) electrons. The minimum atomic E-state index is -0.471. The van der Waals surface area contributed by atoms with Crippen LogP contribution in [-0.4, -0.2) is 29.9 Å². The number of ether oxygens (including phenoxy) is 1. The van der Waals surface area contributed by atoms with Crippen molar-refractivity contribution in [2.45, 2.75) is 13.0 Å². The first kappa shape index (κ1) is 16.3. The quantitative estimate of drug-likeness (QED) is 0.682. The molecular weight excluding hydrogens is 326 g/mol. The standard InChI is InChI=1S/C22H19NO3/c24-21(23-12-11-17-6-2-4-8-20(17)14-23)15-26-22(25)19-10-9-16-5-1-3-7-18(16)13-19/h1-10,13H,11-12,14-15H2. The van der Waals surface area contributed by atoms with Crippen LogP contribution in [0.3, 0.4) is 0 Å². The minimum absolute atomic E-state index is 0.159. The monoisotopic (exact) mass is 345 g/mol. The van der Waals surface area contributed by atoms with E-state index in [4.69, 9.17) is 4.74 Å². The van der Waals surface area contributed by atoms with Gasteiger partial charge in [0.25, 0.3) is 5.91 Å². The first-order chi connectivity index (χ1) is 12.7. The SMILES string of the molecule is O=C(OCC(=O)N1CCc2ccccc2C1)c1ccc2ccccc2c1. The molecule has 1 aliphatic rings. The average molecular weight is 345 g/mol. The normalized spacial score (nSPS) is 13.3. The van der Waals surface area contributed by atoms with Crippen LogP contribution in [0.4, 0.5) is 0 Å². The molecule has 26 heavy (non-hydrogen) atoms. The molecule has 3 aromatic carbocycles. The maximum Gasteiger partial charge on any atom is 0.338 e. The number of hydrogen-bond donors (Lipinski definition) is 0. The van der Waals surface area contributed by atoms with Crippen molar-refractivity contribution in [3.05, 3.63) is 83.4 Å². The molecule has 1 heterocycles. The molecule has 1 aliphatic heterocycles. The van der Waals surface area contributed by atoms with E-state index >= 15 is 0 Å². The van der Waals surface area contributed by atoms with E-state index in [1.54, 1.807) is 17.0 Å². The predicted molar refractivity (Wildman–Crippen MR) is 99.8 cm³/mol. The van der Waals surface area contributed by atoms with Crippen LogP contribution in [0.25, 0.3) is 10.8 Å². The smallest absolute Gasteiger partial charge is 0.338 e. The predicted octanol–water partition coefficient (Wildman–Crippen LogP) is 3.58. The summed E-state index contributed by atoms with van der Waals surface area (Å²) in [5.74, 6) is -0.629. The van der Waals surface area contributed by atoms with Crippen molar-refractivity contribution in [3.8, 4) is 0 Å². The number of rotatable bonds is 3. The highest BCUT2D eigenvalue weighted by atomic mass is 16.5. The Kier molecular flexibility index (Phi) is 4.40. The van der Waals surface area contributed by atoms with Gasteiger partial charge in [-0.15, -0.1) is 0 Å². The summed E-state index contributed by atoms with van der Waals surface area (Å²) in [6.45, 7) is 1.000. The highest BCUT2D eigenvalue weighted by Crippen LogP contribution is 2.19. The summed E-state index contributed by atoms with van der Waals surface area (Å²) in [6.07, 6.45) is 0.834. The first-order valence-corrected chi connectivity index (χ1v) is 8.71. The Morgan fingerprint density at radius 3 is 2.46 bits per heavy atom. The maximum absolute atomic E-state index is 12.4. The van der Waals surface area contributed by atoms with Gasteiger partial charge in [0.15, 0.2) is 6.61 Å². The Hall–Kier alpha value is -3.14. The van der Waals surface area contributed by atoms with Gasteiger partial charge in [-0.25, -0.2) is 4.79 Å². The summed E-state index contributed by atoms with van der Waals surface area (Å²) in [6, 6.07) is 21.3. The molecule has 0 unspecified atom stereocenters. The van der Waals surface area contributed by atoms with E-state index in [1.165, 1.54) is 5.56 Å². The summed E-state index contributed by atoms with van der Waals surface area (Å²) in [5.41, 5.74) is 2.90. The molecule has 1 amide bonds. The topological polar surface area (TPSA) is 46.6 Å². The van der Waals surface area contributed by atoms with Crippen LogP contribution in [0.2, 0.25) is 0 Å². The molecule has 0 bridgehead atoms. The number of fused-ring (bicyclic) bond motifs is 2. The molecule has 0 atom stereocenters. The summed E-state index contributed by atoms with van der Waals surface area (Å²) in [4.78, 5) is 26.4. The molecule has 0 aliphatic carbocycles. The van der Waals surface area contributed by atoms with Gasteiger partial charge in [0.2, 0.25) is 0 Å². The van der Waals surface area contributed by atoms with Crippen molar-refractivity contribution >= 4 is 22.6 Å². The largest absolute Gasteiger partial charge is 0.452 e. The Morgan fingerprint density at radius 2 is 1.62 bits per heavy atom. The molecule has 0 aromatic heterocycles. The number of nitrogens with zero attached hydrogens (tertiary/aromatic N) is 1. The summed E-state index contributed by atoms with van der Waals surface area (Å²) < 4.78 is 5.25. The van der Waals surface area contributed by atoms with Crippen LogP contribution < -0.4 is 0 Å². The number of carbonyl (C=O) groups excluding carboxylic acids is 2. The Bertz CT molecular complexity index is 980. The lowest BCUT2D eigenvalue weighted by Crippen LogP contribution is -2.38.